The van der Waals surface area contributed by atoms with Crippen molar-refractivity contribution < 1.29 is 15.0 Å². The average molecular weight is 424 g/mol. The summed E-state index contributed by atoms with van der Waals surface area (Å²) in [5, 5.41) is 21.8. The van der Waals surface area contributed by atoms with Crippen LogP contribution in [0, 0.1) is 6.92 Å². The SMILES string of the molecule is Cc1nc(SCC(=O)c2ccc([C@@](C)(O)C(N)O)s2)c2cc(Cl)ccc2n1. The van der Waals surface area contributed by atoms with Crippen molar-refractivity contribution in [3.63, 3.8) is 0 Å². The van der Waals surface area contributed by atoms with E-state index in [1.165, 1.54) is 18.7 Å². The molecule has 2 atom stereocenters. The Kier molecular flexibility index (Phi) is 5.85. The van der Waals surface area contributed by atoms with Crippen molar-refractivity contribution in [3.8, 4) is 0 Å². The van der Waals surface area contributed by atoms with Gasteiger partial charge in [0.15, 0.2) is 5.78 Å². The molecule has 0 bridgehead atoms. The lowest BCUT2D eigenvalue weighted by Gasteiger charge is -2.24. The Bertz CT molecular complexity index is 1000. The molecule has 2 aromatic heterocycles. The first kappa shape index (κ1) is 20.2. The molecule has 4 N–H and O–H groups in total. The van der Waals surface area contributed by atoms with Crippen LogP contribution in [0.5, 0.6) is 0 Å². The molecule has 1 aromatic carbocycles. The zero-order valence-corrected chi connectivity index (χ0v) is 17.0. The first-order chi connectivity index (χ1) is 12.7. The van der Waals surface area contributed by atoms with Gasteiger partial charge in [0, 0.05) is 15.3 Å². The van der Waals surface area contributed by atoms with E-state index in [0.29, 0.717) is 25.6 Å². The molecule has 0 radical (unpaired) electrons. The minimum Gasteiger partial charge on any atom is -0.380 e. The lowest BCUT2D eigenvalue weighted by atomic mass is 10.0. The number of ketones is 1. The Hall–Kier alpha value is -1.55. The van der Waals surface area contributed by atoms with Gasteiger partial charge in [-0.15, -0.1) is 11.3 Å². The van der Waals surface area contributed by atoms with Crippen LogP contribution in [0.2, 0.25) is 5.02 Å². The van der Waals surface area contributed by atoms with Gasteiger partial charge in [0.1, 0.15) is 22.7 Å². The van der Waals surface area contributed by atoms with E-state index in [1.54, 1.807) is 31.2 Å². The molecule has 27 heavy (non-hydrogen) atoms. The molecule has 0 aliphatic heterocycles. The van der Waals surface area contributed by atoms with Crippen molar-refractivity contribution in [1.29, 1.82) is 0 Å². The molecule has 1 unspecified atom stereocenters. The van der Waals surface area contributed by atoms with Gasteiger partial charge in [0.25, 0.3) is 0 Å². The van der Waals surface area contributed by atoms with Gasteiger partial charge in [-0.05, 0) is 44.2 Å². The standard InChI is InChI=1S/C18H18ClN3O3S2/c1-9-21-12-4-3-10(19)7-11(12)16(22-9)26-8-13(23)14-5-6-15(27-14)18(2,25)17(20)24/h3-7,17,24-25H,8,20H2,1-2H3/t17?,18-/m1/s1. The highest BCUT2D eigenvalue weighted by Gasteiger charge is 2.32. The zero-order chi connectivity index (χ0) is 19.8. The fourth-order valence-electron chi connectivity index (χ4n) is 2.40. The number of thiophene rings is 1. The predicted molar refractivity (Wildman–Crippen MR) is 108 cm³/mol. The largest absolute Gasteiger partial charge is 0.380 e. The van der Waals surface area contributed by atoms with E-state index < -0.39 is 11.8 Å². The highest BCUT2D eigenvalue weighted by molar-refractivity contribution is 8.00. The van der Waals surface area contributed by atoms with E-state index >= 15 is 0 Å². The normalized spacial score (nSPS) is 14.9. The van der Waals surface area contributed by atoms with E-state index in [4.69, 9.17) is 17.3 Å². The molecular weight excluding hydrogens is 406 g/mol. The van der Waals surface area contributed by atoms with Crippen LogP contribution in [0.1, 0.15) is 27.3 Å². The maximum atomic E-state index is 12.6. The Morgan fingerprint density at radius 2 is 2.11 bits per heavy atom. The molecule has 6 nitrogen and oxygen atoms in total. The maximum Gasteiger partial charge on any atom is 0.183 e. The van der Waals surface area contributed by atoms with Crippen LogP contribution in [0.25, 0.3) is 10.9 Å². The third-order valence-electron chi connectivity index (χ3n) is 4.03. The highest BCUT2D eigenvalue weighted by atomic mass is 35.5. The summed E-state index contributed by atoms with van der Waals surface area (Å²) in [6.07, 6.45) is -1.44. The number of carbonyl (C=O) groups is 1. The molecule has 0 saturated heterocycles. The summed E-state index contributed by atoms with van der Waals surface area (Å²) < 4.78 is 0. The van der Waals surface area contributed by atoms with Gasteiger partial charge < -0.3 is 15.9 Å². The number of aliphatic hydroxyl groups is 2. The summed E-state index contributed by atoms with van der Waals surface area (Å²) in [5.74, 6) is 0.682. The van der Waals surface area contributed by atoms with Crippen LogP contribution in [-0.4, -0.2) is 37.9 Å². The summed E-state index contributed by atoms with van der Waals surface area (Å²) in [5.41, 5.74) is 4.57. The van der Waals surface area contributed by atoms with Gasteiger partial charge in [-0.1, -0.05) is 23.4 Å². The van der Waals surface area contributed by atoms with Gasteiger partial charge in [0.2, 0.25) is 0 Å². The number of thioether (sulfide) groups is 1. The Morgan fingerprint density at radius 3 is 2.81 bits per heavy atom. The molecular formula is C18H18ClN3O3S2. The van der Waals surface area contributed by atoms with Crippen molar-refractivity contribution in [2.24, 2.45) is 5.73 Å². The third kappa shape index (κ3) is 4.31. The van der Waals surface area contributed by atoms with Crippen LogP contribution in [0.3, 0.4) is 0 Å². The van der Waals surface area contributed by atoms with Crippen molar-refractivity contribution in [3.05, 3.63) is 50.9 Å². The number of carbonyl (C=O) groups excluding carboxylic acids is 1. The minimum absolute atomic E-state index is 0.106. The van der Waals surface area contributed by atoms with Gasteiger partial charge in [-0.25, -0.2) is 9.97 Å². The van der Waals surface area contributed by atoms with Crippen molar-refractivity contribution in [2.45, 2.75) is 30.7 Å². The maximum absolute atomic E-state index is 12.6. The molecule has 0 aliphatic carbocycles. The molecule has 0 aliphatic rings. The second-order valence-electron chi connectivity index (χ2n) is 6.21. The third-order valence-corrected chi connectivity index (χ3v) is 6.61. The Morgan fingerprint density at radius 1 is 1.37 bits per heavy atom. The number of aromatic nitrogens is 2. The topological polar surface area (TPSA) is 109 Å². The number of aryl methyl sites for hydroxylation is 1. The highest BCUT2D eigenvalue weighted by Crippen LogP contribution is 2.32. The monoisotopic (exact) mass is 423 g/mol. The van der Waals surface area contributed by atoms with Crippen molar-refractivity contribution in [1.82, 2.24) is 9.97 Å². The first-order valence-electron chi connectivity index (χ1n) is 8.04. The lowest BCUT2D eigenvalue weighted by molar-refractivity contribution is -0.0606. The lowest BCUT2D eigenvalue weighted by Crippen LogP contribution is -2.42. The van der Waals surface area contributed by atoms with E-state index in [-0.39, 0.29) is 11.5 Å². The quantitative estimate of drug-likeness (QED) is 0.242. The van der Waals surface area contributed by atoms with Crippen LogP contribution in [-0.2, 0) is 5.60 Å². The Balaban J connectivity index is 1.80. The van der Waals surface area contributed by atoms with Crippen LogP contribution >= 0.6 is 34.7 Å². The number of Topliss-reactive ketones (excluding diaryl/α,β-unsaturated/α-hetero) is 1. The van der Waals surface area contributed by atoms with E-state index in [0.717, 1.165) is 22.2 Å². The zero-order valence-electron chi connectivity index (χ0n) is 14.6. The number of nitrogens with two attached hydrogens (primary N) is 1. The molecule has 0 spiro atoms. The van der Waals surface area contributed by atoms with E-state index in [2.05, 4.69) is 9.97 Å². The molecule has 2 heterocycles. The van der Waals surface area contributed by atoms with E-state index in [1.807, 2.05) is 6.07 Å². The number of benzene rings is 1. The molecule has 0 amide bonds. The predicted octanol–water partition coefficient (Wildman–Crippen LogP) is 3.11. The van der Waals surface area contributed by atoms with E-state index in [9.17, 15) is 15.0 Å². The summed E-state index contributed by atoms with van der Waals surface area (Å²) >= 11 is 8.50. The second kappa shape index (κ2) is 7.83. The van der Waals surface area contributed by atoms with Gasteiger partial charge in [-0.2, -0.15) is 0 Å². The first-order valence-corrected chi connectivity index (χ1v) is 10.2. The molecule has 0 saturated carbocycles. The summed E-state index contributed by atoms with van der Waals surface area (Å²) in [6, 6.07) is 8.60. The number of nitrogens with zero attached hydrogens (tertiary/aromatic N) is 2. The summed E-state index contributed by atoms with van der Waals surface area (Å²) in [7, 11) is 0. The van der Waals surface area contributed by atoms with Crippen molar-refractivity contribution in [2.75, 3.05) is 5.75 Å². The fraction of sp³-hybridized carbons (Fsp3) is 0.278. The summed E-state index contributed by atoms with van der Waals surface area (Å²) in [6.45, 7) is 3.21. The molecule has 0 fully saturated rings. The van der Waals surface area contributed by atoms with Crippen molar-refractivity contribution >= 4 is 51.4 Å². The molecule has 9 heteroatoms. The number of hydrogen-bond acceptors (Lipinski definition) is 8. The van der Waals surface area contributed by atoms with Crippen LogP contribution < -0.4 is 5.73 Å². The minimum atomic E-state index is -1.60. The fourth-order valence-corrected chi connectivity index (χ4v) is 4.63. The van der Waals surface area contributed by atoms with Crippen LogP contribution in [0.4, 0.5) is 0 Å². The molecule has 142 valence electrons. The second-order valence-corrected chi connectivity index (χ2v) is 8.69. The average Bonchev–Trinajstić information content (AvgIpc) is 3.10. The summed E-state index contributed by atoms with van der Waals surface area (Å²) in [4.78, 5) is 22.3. The number of hydrogen-bond donors (Lipinski definition) is 3. The van der Waals surface area contributed by atoms with Gasteiger partial charge >= 0.3 is 0 Å². The number of halogens is 1. The Labute approximate surface area is 169 Å². The molecule has 3 aromatic rings. The number of rotatable bonds is 6. The number of fused-ring (bicyclic) bond motifs is 1. The van der Waals surface area contributed by atoms with Gasteiger partial charge in [-0.3, -0.25) is 4.79 Å². The number of aliphatic hydroxyl groups excluding tert-OH is 1. The van der Waals surface area contributed by atoms with Crippen LogP contribution in [0.15, 0.2) is 35.4 Å². The molecule has 3 rings (SSSR count). The van der Waals surface area contributed by atoms with Gasteiger partial charge in [0.05, 0.1) is 16.1 Å². The smallest absolute Gasteiger partial charge is 0.183 e.